The first kappa shape index (κ1) is 12.6. The molecule has 0 unspecified atom stereocenters. The van der Waals surface area contributed by atoms with Crippen molar-refractivity contribution in [2.24, 2.45) is 5.41 Å². The monoisotopic (exact) mass is 311 g/mol. The van der Waals surface area contributed by atoms with Crippen LogP contribution in [-0.2, 0) is 6.42 Å². The molecule has 0 amide bonds. The van der Waals surface area contributed by atoms with Crippen LogP contribution < -0.4 is 5.32 Å². The summed E-state index contributed by atoms with van der Waals surface area (Å²) in [4.78, 5) is 0. The van der Waals surface area contributed by atoms with E-state index in [0.717, 1.165) is 24.6 Å². The van der Waals surface area contributed by atoms with E-state index in [9.17, 15) is 4.39 Å². The first-order valence-corrected chi connectivity index (χ1v) is 7.64. The normalized spacial score (nSPS) is 21.7. The Labute approximate surface area is 116 Å². The molecule has 0 radical (unpaired) electrons. The number of nitrogens with one attached hydrogen (secondary N) is 1. The summed E-state index contributed by atoms with van der Waals surface area (Å²) in [7, 11) is 0. The Bertz CT molecular complexity index is 438. The molecule has 3 rings (SSSR count). The lowest BCUT2D eigenvalue weighted by molar-refractivity contribution is 0.129. The van der Waals surface area contributed by atoms with E-state index in [1.54, 1.807) is 0 Å². The fraction of sp³-hybridized carbons (Fsp3) is 0.600. The van der Waals surface area contributed by atoms with Crippen molar-refractivity contribution < 1.29 is 4.39 Å². The maximum absolute atomic E-state index is 13.5. The number of hydrogen-bond acceptors (Lipinski definition) is 1. The first-order valence-electron chi connectivity index (χ1n) is 6.85. The van der Waals surface area contributed by atoms with E-state index in [-0.39, 0.29) is 5.82 Å². The topological polar surface area (TPSA) is 12.0 Å². The maximum atomic E-state index is 13.5. The van der Waals surface area contributed by atoms with E-state index in [1.807, 2.05) is 12.1 Å². The van der Waals surface area contributed by atoms with Gasteiger partial charge in [-0.1, -0.05) is 18.6 Å². The number of rotatable bonds is 5. The van der Waals surface area contributed by atoms with Crippen molar-refractivity contribution in [1.29, 1.82) is 0 Å². The van der Waals surface area contributed by atoms with Crippen molar-refractivity contribution in [1.82, 2.24) is 5.32 Å². The Kier molecular flexibility index (Phi) is 3.46. The zero-order valence-electron chi connectivity index (χ0n) is 10.5. The van der Waals surface area contributed by atoms with E-state index in [2.05, 4.69) is 21.2 Å². The molecule has 1 aromatic carbocycles. The van der Waals surface area contributed by atoms with Gasteiger partial charge in [-0.15, -0.1) is 0 Å². The van der Waals surface area contributed by atoms with E-state index in [4.69, 9.17) is 0 Å². The molecule has 98 valence electrons. The third-order valence-corrected chi connectivity index (χ3v) is 5.24. The zero-order valence-corrected chi connectivity index (χ0v) is 12.1. The zero-order chi connectivity index (χ0) is 12.6. The lowest BCUT2D eigenvalue weighted by Gasteiger charge is -2.42. The van der Waals surface area contributed by atoms with E-state index < -0.39 is 0 Å². The van der Waals surface area contributed by atoms with Gasteiger partial charge in [0.1, 0.15) is 5.82 Å². The molecule has 0 aromatic heterocycles. The van der Waals surface area contributed by atoms with Crippen LogP contribution in [0.1, 0.15) is 37.7 Å². The highest BCUT2D eigenvalue weighted by molar-refractivity contribution is 9.10. The van der Waals surface area contributed by atoms with Gasteiger partial charge in [0, 0.05) is 12.6 Å². The van der Waals surface area contributed by atoms with Gasteiger partial charge in [-0.05, 0) is 65.1 Å². The molecular formula is C15H19BrFN. The molecule has 0 bridgehead atoms. The molecule has 0 spiro atoms. The lowest BCUT2D eigenvalue weighted by Crippen LogP contribution is -2.42. The largest absolute Gasteiger partial charge is 0.313 e. The van der Waals surface area contributed by atoms with Crippen LogP contribution in [0.15, 0.2) is 22.7 Å². The minimum absolute atomic E-state index is 0.142. The van der Waals surface area contributed by atoms with Crippen molar-refractivity contribution in [2.45, 2.75) is 44.6 Å². The summed E-state index contributed by atoms with van der Waals surface area (Å²) in [6.45, 7) is 1.10. The molecule has 0 atom stereocenters. The molecule has 0 heterocycles. The van der Waals surface area contributed by atoms with Crippen molar-refractivity contribution in [3.05, 3.63) is 34.1 Å². The van der Waals surface area contributed by atoms with E-state index in [0.29, 0.717) is 9.89 Å². The Morgan fingerprint density at radius 2 is 2.11 bits per heavy atom. The van der Waals surface area contributed by atoms with Gasteiger partial charge in [0.2, 0.25) is 0 Å². The van der Waals surface area contributed by atoms with Crippen LogP contribution in [-0.4, -0.2) is 12.6 Å². The Hall–Kier alpha value is -0.410. The van der Waals surface area contributed by atoms with Crippen LogP contribution in [0, 0.1) is 11.2 Å². The van der Waals surface area contributed by atoms with Gasteiger partial charge < -0.3 is 5.32 Å². The van der Waals surface area contributed by atoms with Gasteiger partial charge in [0.25, 0.3) is 0 Å². The molecule has 3 heteroatoms. The van der Waals surface area contributed by atoms with Gasteiger partial charge in [-0.3, -0.25) is 0 Å². The van der Waals surface area contributed by atoms with Crippen LogP contribution in [0.25, 0.3) is 0 Å². The molecule has 2 aliphatic carbocycles. The smallest absolute Gasteiger partial charge is 0.137 e. The predicted octanol–water partition coefficient (Wildman–Crippen LogP) is 4.05. The Morgan fingerprint density at radius 1 is 1.33 bits per heavy atom. The van der Waals surface area contributed by atoms with Crippen LogP contribution in [0.5, 0.6) is 0 Å². The molecule has 18 heavy (non-hydrogen) atoms. The second kappa shape index (κ2) is 4.93. The molecule has 2 aliphatic rings. The third kappa shape index (κ3) is 2.62. The van der Waals surface area contributed by atoms with Crippen molar-refractivity contribution >= 4 is 15.9 Å². The van der Waals surface area contributed by atoms with Crippen molar-refractivity contribution in [2.75, 3.05) is 6.54 Å². The summed E-state index contributed by atoms with van der Waals surface area (Å²) in [6, 6.07) is 6.14. The van der Waals surface area contributed by atoms with Gasteiger partial charge in [-0.25, -0.2) is 4.39 Å². The maximum Gasteiger partial charge on any atom is 0.137 e. The van der Waals surface area contributed by atoms with E-state index >= 15 is 0 Å². The average molecular weight is 312 g/mol. The SMILES string of the molecule is Fc1cccc(CC2(CNC3CC3)CCC2)c1Br. The molecule has 0 saturated heterocycles. The van der Waals surface area contributed by atoms with Crippen LogP contribution >= 0.6 is 15.9 Å². The average Bonchev–Trinajstić information content (AvgIpc) is 3.11. The minimum Gasteiger partial charge on any atom is -0.313 e. The summed E-state index contributed by atoms with van der Waals surface area (Å²) in [5.74, 6) is -0.142. The van der Waals surface area contributed by atoms with Crippen molar-refractivity contribution in [3.63, 3.8) is 0 Å². The first-order chi connectivity index (χ1) is 8.69. The summed E-state index contributed by atoms with van der Waals surface area (Å²) in [6.07, 6.45) is 7.52. The number of halogens is 2. The standard InChI is InChI=1S/C15H19BrFN/c16-14-11(3-1-4-13(14)17)9-15(7-2-8-15)10-18-12-5-6-12/h1,3-4,12,18H,2,5-10H2. The fourth-order valence-corrected chi connectivity index (χ4v) is 3.23. The quantitative estimate of drug-likeness (QED) is 0.865. The fourth-order valence-electron chi connectivity index (χ4n) is 2.83. The van der Waals surface area contributed by atoms with Gasteiger partial charge in [-0.2, -0.15) is 0 Å². The molecule has 1 N–H and O–H groups in total. The summed E-state index contributed by atoms with van der Waals surface area (Å²) < 4.78 is 14.2. The summed E-state index contributed by atoms with van der Waals surface area (Å²) in [5.41, 5.74) is 1.49. The summed E-state index contributed by atoms with van der Waals surface area (Å²) >= 11 is 3.38. The van der Waals surface area contributed by atoms with Crippen LogP contribution in [0.2, 0.25) is 0 Å². The third-order valence-electron chi connectivity index (χ3n) is 4.35. The highest BCUT2D eigenvalue weighted by Crippen LogP contribution is 2.44. The highest BCUT2D eigenvalue weighted by Gasteiger charge is 2.38. The molecule has 2 saturated carbocycles. The van der Waals surface area contributed by atoms with Crippen molar-refractivity contribution in [3.8, 4) is 0 Å². The Balaban J connectivity index is 1.70. The molecular weight excluding hydrogens is 293 g/mol. The van der Waals surface area contributed by atoms with Crippen LogP contribution in [0.4, 0.5) is 4.39 Å². The number of benzene rings is 1. The predicted molar refractivity (Wildman–Crippen MR) is 75.1 cm³/mol. The van der Waals surface area contributed by atoms with Gasteiger partial charge in [0.15, 0.2) is 0 Å². The van der Waals surface area contributed by atoms with E-state index in [1.165, 1.54) is 38.2 Å². The highest BCUT2D eigenvalue weighted by atomic mass is 79.9. The summed E-state index contributed by atoms with van der Waals surface area (Å²) in [5, 5.41) is 3.64. The Morgan fingerprint density at radius 3 is 2.72 bits per heavy atom. The van der Waals surface area contributed by atoms with Gasteiger partial charge in [0.05, 0.1) is 4.47 Å². The number of hydrogen-bond donors (Lipinski definition) is 1. The second-order valence-electron chi connectivity index (χ2n) is 5.90. The molecule has 2 fully saturated rings. The molecule has 1 aromatic rings. The van der Waals surface area contributed by atoms with Gasteiger partial charge >= 0.3 is 0 Å². The second-order valence-corrected chi connectivity index (χ2v) is 6.69. The lowest BCUT2D eigenvalue weighted by atomic mass is 9.65. The molecule has 1 nitrogen and oxygen atoms in total. The minimum atomic E-state index is -0.142. The molecule has 0 aliphatic heterocycles. The van der Waals surface area contributed by atoms with Crippen LogP contribution in [0.3, 0.4) is 0 Å².